The number of hydrogen-bond acceptors (Lipinski definition) is 4. The van der Waals surface area contributed by atoms with Crippen LogP contribution in [0.4, 0.5) is 0 Å². The smallest absolute Gasteiger partial charge is 0.303 e. The van der Waals surface area contributed by atoms with Crippen LogP contribution in [-0.4, -0.2) is 20.4 Å². The first kappa shape index (κ1) is 13.4. The van der Waals surface area contributed by atoms with E-state index in [2.05, 4.69) is 20.9 Å². The van der Waals surface area contributed by atoms with Crippen molar-refractivity contribution in [2.45, 2.75) is 6.54 Å². The highest BCUT2D eigenvalue weighted by Crippen LogP contribution is 2.12. The fourth-order valence-corrected chi connectivity index (χ4v) is 2.13. The highest BCUT2D eigenvalue weighted by Gasteiger charge is 2.07. The van der Waals surface area contributed by atoms with Crippen LogP contribution < -0.4 is 11.2 Å². The van der Waals surface area contributed by atoms with Gasteiger partial charge in [-0.2, -0.15) is 0 Å². The zero-order valence-corrected chi connectivity index (χ0v) is 11.6. The minimum absolute atomic E-state index is 0.0205. The number of halogens is 1. The molecule has 0 aliphatic heterocycles. The van der Waals surface area contributed by atoms with Crippen molar-refractivity contribution >= 4 is 22.2 Å². The second-order valence-corrected chi connectivity index (χ2v) is 4.87. The van der Waals surface area contributed by atoms with Gasteiger partial charge < -0.3 is 4.57 Å². The SMILES string of the molecule is Cn1ccc(=O)n(Cc2cc(Br)cc(C=O)n2)c1=O. The van der Waals surface area contributed by atoms with Gasteiger partial charge in [-0.05, 0) is 12.1 Å². The van der Waals surface area contributed by atoms with Gasteiger partial charge in [-0.25, -0.2) is 9.78 Å². The summed E-state index contributed by atoms with van der Waals surface area (Å²) in [6.07, 6.45) is 2.02. The summed E-state index contributed by atoms with van der Waals surface area (Å²) in [5.41, 5.74) is -0.133. The van der Waals surface area contributed by atoms with Gasteiger partial charge in [0.25, 0.3) is 5.56 Å². The van der Waals surface area contributed by atoms with Crippen LogP contribution in [0.15, 0.2) is 38.5 Å². The molecule has 2 rings (SSSR count). The van der Waals surface area contributed by atoms with Gasteiger partial charge in [0, 0.05) is 23.8 Å². The van der Waals surface area contributed by atoms with E-state index in [-0.39, 0.29) is 12.2 Å². The Bertz CT molecular complexity index is 749. The van der Waals surface area contributed by atoms with Crippen molar-refractivity contribution in [3.63, 3.8) is 0 Å². The van der Waals surface area contributed by atoms with Crippen molar-refractivity contribution in [1.29, 1.82) is 0 Å². The van der Waals surface area contributed by atoms with Crippen LogP contribution in [0.2, 0.25) is 0 Å². The normalized spacial score (nSPS) is 10.4. The van der Waals surface area contributed by atoms with Crippen molar-refractivity contribution in [2.75, 3.05) is 0 Å². The number of carbonyl (C=O) groups excluding carboxylic acids is 1. The van der Waals surface area contributed by atoms with Gasteiger partial charge in [0.15, 0.2) is 6.29 Å². The second kappa shape index (κ2) is 5.31. The fourth-order valence-electron chi connectivity index (χ4n) is 1.64. The van der Waals surface area contributed by atoms with E-state index >= 15 is 0 Å². The molecule has 0 atom stereocenters. The third-order valence-corrected chi connectivity index (χ3v) is 3.00. The lowest BCUT2D eigenvalue weighted by Crippen LogP contribution is -2.38. The monoisotopic (exact) mass is 323 g/mol. The molecular weight excluding hydrogens is 314 g/mol. The number of pyridine rings is 1. The molecule has 0 aliphatic carbocycles. The molecule has 0 aliphatic rings. The average molecular weight is 324 g/mol. The lowest BCUT2D eigenvalue weighted by atomic mass is 10.3. The molecule has 0 unspecified atom stereocenters. The third-order valence-electron chi connectivity index (χ3n) is 2.54. The number of aryl methyl sites for hydroxylation is 1. The maximum absolute atomic E-state index is 11.9. The molecule has 0 amide bonds. The summed E-state index contributed by atoms with van der Waals surface area (Å²) in [5, 5.41) is 0. The van der Waals surface area contributed by atoms with Crippen molar-refractivity contribution in [3.8, 4) is 0 Å². The first-order chi connectivity index (χ1) is 9.01. The maximum atomic E-state index is 11.9. The molecule has 0 aromatic carbocycles. The Kier molecular flexibility index (Phi) is 3.75. The summed E-state index contributed by atoms with van der Waals surface area (Å²) in [7, 11) is 1.56. The molecule has 0 spiro atoms. The molecule has 0 saturated heterocycles. The Hall–Kier alpha value is -2.02. The third kappa shape index (κ3) is 2.87. The molecule has 19 heavy (non-hydrogen) atoms. The van der Waals surface area contributed by atoms with Gasteiger partial charge >= 0.3 is 5.69 Å². The van der Waals surface area contributed by atoms with Crippen LogP contribution >= 0.6 is 15.9 Å². The van der Waals surface area contributed by atoms with Gasteiger partial charge in [-0.3, -0.25) is 14.2 Å². The quantitative estimate of drug-likeness (QED) is 0.774. The molecule has 0 fully saturated rings. The van der Waals surface area contributed by atoms with Gasteiger partial charge in [-0.15, -0.1) is 0 Å². The average Bonchev–Trinajstić information content (AvgIpc) is 2.38. The minimum atomic E-state index is -0.429. The summed E-state index contributed by atoms with van der Waals surface area (Å²) in [6.45, 7) is 0.0205. The number of nitrogens with zero attached hydrogens (tertiary/aromatic N) is 3. The molecule has 2 aromatic rings. The fraction of sp³-hybridized carbons (Fsp3) is 0.167. The Balaban J connectivity index is 2.50. The second-order valence-electron chi connectivity index (χ2n) is 3.95. The van der Waals surface area contributed by atoms with E-state index in [0.29, 0.717) is 16.5 Å². The van der Waals surface area contributed by atoms with Crippen molar-refractivity contribution in [2.24, 2.45) is 7.05 Å². The molecule has 6 nitrogen and oxygen atoms in total. The molecular formula is C12H10BrN3O3. The summed E-state index contributed by atoms with van der Waals surface area (Å²) in [4.78, 5) is 38.3. The minimum Gasteiger partial charge on any atom is -0.303 e. The topological polar surface area (TPSA) is 74.0 Å². The number of aromatic nitrogens is 3. The zero-order chi connectivity index (χ0) is 14.0. The van der Waals surface area contributed by atoms with Crippen LogP contribution in [0.1, 0.15) is 16.2 Å². The highest BCUT2D eigenvalue weighted by molar-refractivity contribution is 9.10. The van der Waals surface area contributed by atoms with Crippen LogP contribution in [0.5, 0.6) is 0 Å². The molecule has 2 aromatic heterocycles. The largest absolute Gasteiger partial charge is 0.331 e. The molecule has 0 N–H and O–H groups in total. The first-order valence-corrected chi connectivity index (χ1v) is 6.18. The summed E-state index contributed by atoms with van der Waals surface area (Å²) >= 11 is 3.25. The maximum Gasteiger partial charge on any atom is 0.331 e. The standard InChI is InChI=1S/C12H10BrN3O3/c1-15-3-2-11(18)16(12(15)19)6-9-4-8(13)5-10(7-17)14-9/h2-5,7H,6H2,1H3. The van der Waals surface area contributed by atoms with E-state index in [1.165, 1.54) is 16.8 Å². The Morgan fingerprint density at radius 2 is 2.11 bits per heavy atom. The molecule has 0 bridgehead atoms. The van der Waals surface area contributed by atoms with Crippen LogP contribution in [-0.2, 0) is 13.6 Å². The van der Waals surface area contributed by atoms with Gasteiger partial charge in [0.2, 0.25) is 0 Å². The Morgan fingerprint density at radius 3 is 2.79 bits per heavy atom. The molecule has 98 valence electrons. The predicted octanol–water partition coefficient (Wildman–Crippen LogP) is 0.565. The predicted molar refractivity (Wildman–Crippen MR) is 72.4 cm³/mol. The number of carbonyl (C=O) groups is 1. The lowest BCUT2D eigenvalue weighted by Gasteiger charge is -2.07. The number of hydrogen-bond donors (Lipinski definition) is 0. The van der Waals surface area contributed by atoms with Crippen molar-refractivity contribution in [3.05, 3.63) is 61.1 Å². The van der Waals surface area contributed by atoms with Crippen LogP contribution in [0.3, 0.4) is 0 Å². The molecule has 0 saturated carbocycles. The number of aldehydes is 1. The summed E-state index contributed by atoms with van der Waals surface area (Å²) in [6, 6.07) is 4.52. The summed E-state index contributed by atoms with van der Waals surface area (Å²) in [5.74, 6) is 0. The van der Waals surface area contributed by atoms with E-state index in [9.17, 15) is 14.4 Å². The van der Waals surface area contributed by atoms with Gasteiger partial charge in [0.1, 0.15) is 5.69 Å². The number of rotatable bonds is 3. The van der Waals surface area contributed by atoms with E-state index < -0.39 is 11.2 Å². The summed E-state index contributed by atoms with van der Waals surface area (Å²) < 4.78 is 3.03. The van der Waals surface area contributed by atoms with Crippen LogP contribution in [0.25, 0.3) is 0 Å². The first-order valence-electron chi connectivity index (χ1n) is 5.39. The highest BCUT2D eigenvalue weighted by atomic mass is 79.9. The zero-order valence-electron chi connectivity index (χ0n) is 10.0. The lowest BCUT2D eigenvalue weighted by molar-refractivity contribution is 0.111. The molecule has 7 heteroatoms. The van der Waals surface area contributed by atoms with E-state index in [1.807, 2.05) is 0 Å². The Labute approximate surface area is 116 Å². The van der Waals surface area contributed by atoms with E-state index in [0.717, 1.165) is 4.57 Å². The van der Waals surface area contributed by atoms with Crippen molar-refractivity contribution < 1.29 is 4.79 Å². The van der Waals surface area contributed by atoms with Crippen LogP contribution in [0, 0.1) is 0 Å². The van der Waals surface area contributed by atoms with Gasteiger partial charge in [0.05, 0.1) is 12.2 Å². The van der Waals surface area contributed by atoms with E-state index in [1.54, 1.807) is 19.2 Å². The molecule has 0 radical (unpaired) electrons. The van der Waals surface area contributed by atoms with E-state index in [4.69, 9.17) is 0 Å². The molecule has 2 heterocycles. The van der Waals surface area contributed by atoms with Gasteiger partial charge in [-0.1, -0.05) is 15.9 Å². The Morgan fingerprint density at radius 1 is 1.37 bits per heavy atom. The van der Waals surface area contributed by atoms with Crippen molar-refractivity contribution in [1.82, 2.24) is 14.1 Å².